The number of carbonyl (C=O) groups is 4. The van der Waals surface area contributed by atoms with E-state index >= 15 is 0 Å². The minimum Gasteiger partial charge on any atom is -0.495 e. The van der Waals surface area contributed by atoms with Crippen LogP contribution in [0.3, 0.4) is 0 Å². The number of methoxy groups -OCH3 is 2. The minimum atomic E-state index is -0.606. The number of benzene rings is 3. The predicted molar refractivity (Wildman–Crippen MR) is 169 cm³/mol. The summed E-state index contributed by atoms with van der Waals surface area (Å²) in [5.74, 6) is 0.458. The average molecular weight is 616 g/mol. The van der Waals surface area contributed by atoms with E-state index in [-0.39, 0.29) is 17.2 Å². The number of nitrogens with one attached hydrogen (secondary N) is 3. The number of rotatable bonds is 9. The third kappa shape index (κ3) is 9.09. The Morgan fingerprint density at radius 1 is 0.778 bits per heavy atom. The Hall–Kier alpha value is -6.31. The van der Waals surface area contributed by atoms with Crippen LogP contribution in [0.1, 0.15) is 36.8 Å². The number of aryl methyl sites for hydroxylation is 1. The number of hydrogen-bond acceptors (Lipinski definition) is 9. The van der Waals surface area contributed by atoms with Crippen LogP contribution in [0.25, 0.3) is 0 Å². The highest BCUT2D eigenvalue weighted by Gasteiger charge is 2.14. The van der Waals surface area contributed by atoms with Crippen molar-refractivity contribution in [2.75, 3.05) is 37.6 Å². The number of nitrogen functional groups attached to an aromatic ring is 1. The SMILES string of the molecule is CNC(=O)c1cc(Oc2ccc(NC(=O)Nc3cc(C(N)=O)c(C)cc3OC)cc2)ccn1.COc1ccc(C(N)=O)cc1N. The maximum absolute atomic E-state index is 12.5. The van der Waals surface area contributed by atoms with Gasteiger partial charge in [0.2, 0.25) is 11.8 Å². The molecule has 0 atom stereocenters. The smallest absolute Gasteiger partial charge is 0.323 e. The van der Waals surface area contributed by atoms with Gasteiger partial charge >= 0.3 is 6.03 Å². The molecule has 3 aromatic carbocycles. The molecule has 234 valence electrons. The molecule has 0 aliphatic carbocycles. The van der Waals surface area contributed by atoms with Gasteiger partial charge in [-0.3, -0.25) is 19.4 Å². The number of nitrogens with two attached hydrogens (primary N) is 3. The second-order valence-electron chi connectivity index (χ2n) is 9.21. The summed E-state index contributed by atoms with van der Waals surface area (Å²) in [6.45, 7) is 1.72. The number of nitrogens with zero attached hydrogens (tertiary/aromatic N) is 1. The maximum Gasteiger partial charge on any atom is 0.323 e. The molecule has 0 saturated heterocycles. The number of aromatic nitrogens is 1. The molecule has 0 aliphatic heterocycles. The third-order valence-electron chi connectivity index (χ3n) is 6.11. The Balaban J connectivity index is 0.000000385. The molecule has 0 aliphatic rings. The molecule has 0 radical (unpaired) electrons. The summed E-state index contributed by atoms with van der Waals surface area (Å²) in [7, 11) is 4.49. The van der Waals surface area contributed by atoms with Crippen molar-refractivity contribution in [3.8, 4) is 23.0 Å². The van der Waals surface area contributed by atoms with Crippen molar-refractivity contribution in [1.29, 1.82) is 0 Å². The van der Waals surface area contributed by atoms with Gasteiger partial charge < -0.3 is 47.4 Å². The van der Waals surface area contributed by atoms with Gasteiger partial charge in [-0.25, -0.2) is 4.79 Å². The number of primary amides is 2. The van der Waals surface area contributed by atoms with E-state index in [1.165, 1.54) is 45.7 Å². The van der Waals surface area contributed by atoms with E-state index in [9.17, 15) is 19.2 Å². The number of urea groups is 1. The van der Waals surface area contributed by atoms with Gasteiger partial charge in [0.05, 0.1) is 25.6 Å². The molecule has 1 aromatic heterocycles. The van der Waals surface area contributed by atoms with Crippen LogP contribution in [0.15, 0.2) is 72.9 Å². The lowest BCUT2D eigenvalue weighted by atomic mass is 10.1. The molecule has 5 amide bonds. The summed E-state index contributed by atoms with van der Waals surface area (Å²) in [5.41, 5.74) is 18.7. The maximum atomic E-state index is 12.5. The molecule has 9 N–H and O–H groups in total. The number of pyridine rings is 1. The molecular formula is C31H33N7O7. The first-order valence-electron chi connectivity index (χ1n) is 13.2. The van der Waals surface area contributed by atoms with Crippen molar-refractivity contribution in [3.05, 3.63) is 95.3 Å². The van der Waals surface area contributed by atoms with Crippen LogP contribution in [-0.2, 0) is 0 Å². The Morgan fingerprint density at radius 3 is 2.04 bits per heavy atom. The van der Waals surface area contributed by atoms with Crippen molar-refractivity contribution in [3.63, 3.8) is 0 Å². The normalized spacial score (nSPS) is 9.96. The van der Waals surface area contributed by atoms with Crippen molar-refractivity contribution < 1.29 is 33.4 Å². The summed E-state index contributed by atoms with van der Waals surface area (Å²) in [5, 5.41) is 7.84. The van der Waals surface area contributed by atoms with Crippen LogP contribution in [0.2, 0.25) is 0 Å². The molecule has 45 heavy (non-hydrogen) atoms. The Labute approximate surface area is 258 Å². The van der Waals surface area contributed by atoms with Crippen molar-refractivity contribution in [2.24, 2.45) is 11.5 Å². The van der Waals surface area contributed by atoms with Gasteiger partial charge in [0.1, 0.15) is 28.7 Å². The molecule has 4 rings (SSSR count). The van der Waals surface area contributed by atoms with Crippen LogP contribution in [0.5, 0.6) is 23.0 Å². The highest BCUT2D eigenvalue weighted by Crippen LogP contribution is 2.29. The average Bonchev–Trinajstić information content (AvgIpc) is 3.02. The summed E-state index contributed by atoms with van der Waals surface area (Å²) in [6, 6.07) is 17.0. The van der Waals surface area contributed by atoms with Crippen LogP contribution >= 0.6 is 0 Å². The van der Waals surface area contributed by atoms with Crippen LogP contribution < -0.4 is 47.4 Å². The molecule has 1 heterocycles. The molecule has 0 unspecified atom stereocenters. The Morgan fingerprint density at radius 2 is 1.47 bits per heavy atom. The fraction of sp³-hybridized carbons (Fsp3) is 0.129. The van der Waals surface area contributed by atoms with E-state index in [4.69, 9.17) is 31.4 Å². The van der Waals surface area contributed by atoms with Crippen molar-refractivity contribution in [1.82, 2.24) is 10.3 Å². The molecule has 4 aromatic rings. The van der Waals surface area contributed by atoms with Gasteiger partial charge in [-0.05, 0) is 73.2 Å². The minimum absolute atomic E-state index is 0.232. The first-order valence-corrected chi connectivity index (χ1v) is 13.2. The van der Waals surface area contributed by atoms with E-state index in [2.05, 4.69) is 20.9 Å². The lowest BCUT2D eigenvalue weighted by molar-refractivity contribution is 0.0955. The number of anilines is 3. The van der Waals surface area contributed by atoms with Crippen molar-refractivity contribution in [2.45, 2.75) is 6.92 Å². The first-order chi connectivity index (χ1) is 21.4. The van der Waals surface area contributed by atoms with Gasteiger partial charge in [0, 0.05) is 36.1 Å². The number of carbonyl (C=O) groups excluding carboxylic acids is 4. The van der Waals surface area contributed by atoms with E-state index in [1.807, 2.05) is 0 Å². The zero-order chi connectivity index (χ0) is 33.1. The number of ether oxygens (including phenoxy) is 3. The first kappa shape index (κ1) is 33.2. The number of amides is 5. The van der Waals surface area contributed by atoms with E-state index in [0.717, 1.165) is 0 Å². The topological polar surface area (TPSA) is 223 Å². The highest BCUT2D eigenvalue weighted by atomic mass is 16.5. The van der Waals surface area contributed by atoms with Gasteiger partial charge in [0.25, 0.3) is 5.91 Å². The van der Waals surface area contributed by atoms with Crippen molar-refractivity contribution >= 4 is 40.8 Å². The molecular weight excluding hydrogens is 582 g/mol. The highest BCUT2D eigenvalue weighted by molar-refractivity contribution is 6.03. The standard InChI is InChI=1S/C23H23N5O5.C8H10N2O2/c1-13-10-20(32-3)18(12-17(13)21(24)29)28-23(31)27-14-4-6-15(7-5-14)33-16-8-9-26-19(11-16)22(30)25-2;1-12-7-3-2-5(8(10)11)4-6(7)9/h4-12H,1-3H3,(H2,24,29)(H,25,30)(H2,27,28,31);2-4H,9H2,1H3,(H2,10,11). The fourth-order valence-corrected chi connectivity index (χ4v) is 3.86. The fourth-order valence-electron chi connectivity index (χ4n) is 3.86. The molecule has 0 spiro atoms. The molecule has 0 saturated carbocycles. The monoisotopic (exact) mass is 615 g/mol. The Bertz CT molecular complexity index is 1710. The predicted octanol–water partition coefficient (Wildman–Crippen LogP) is 3.67. The van der Waals surface area contributed by atoms with Gasteiger partial charge in [0.15, 0.2) is 0 Å². The summed E-state index contributed by atoms with van der Waals surface area (Å²) in [6.07, 6.45) is 1.48. The van der Waals surface area contributed by atoms with E-state index in [1.54, 1.807) is 55.5 Å². The third-order valence-corrected chi connectivity index (χ3v) is 6.11. The van der Waals surface area contributed by atoms with Crippen LogP contribution in [0.4, 0.5) is 21.9 Å². The second-order valence-corrected chi connectivity index (χ2v) is 9.21. The van der Waals surface area contributed by atoms with Gasteiger partial charge in [-0.2, -0.15) is 0 Å². The van der Waals surface area contributed by atoms with Gasteiger partial charge in [-0.15, -0.1) is 0 Å². The summed E-state index contributed by atoms with van der Waals surface area (Å²) >= 11 is 0. The second kappa shape index (κ2) is 15.2. The quantitative estimate of drug-likeness (QED) is 0.151. The molecule has 14 heteroatoms. The molecule has 14 nitrogen and oxygen atoms in total. The zero-order valence-electron chi connectivity index (χ0n) is 25.0. The summed E-state index contributed by atoms with van der Waals surface area (Å²) in [4.78, 5) is 50.4. The van der Waals surface area contributed by atoms with Gasteiger partial charge in [-0.1, -0.05) is 0 Å². The molecule has 0 bridgehead atoms. The largest absolute Gasteiger partial charge is 0.495 e. The Kier molecular flexibility index (Phi) is 11.2. The summed E-state index contributed by atoms with van der Waals surface area (Å²) < 4.78 is 15.9. The van der Waals surface area contributed by atoms with E-state index < -0.39 is 17.8 Å². The van der Waals surface area contributed by atoms with Crippen LogP contribution in [-0.4, -0.2) is 50.0 Å². The number of hydrogen-bond donors (Lipinski definition) is 6. The lowest BCUT2D eigenvalue weighted by Gasteiger charge is -2.14. The molecule has 0 fully saturated rings. The van der Waals surface area contributed by atoms with Crippen LogP contribution in [0, 0.1) is 6.92 Å². The zero-order valence-corrected chi connectivity index (χ0v) is 25.0. The lowest BCUT2D eigenvalue weighted by Crippen LogP contribution is -2.21. The van der Waals surface area contributed by atoms with E-state index in [0.29, 0.717) is 51.2 Å².